The Hall–Kier alpha value is -4.37. The number of aromatic nitrogens is 6. The molecule has 1 amide bonds. The number of amides is 1. The maximum Gasteiger partial charge on any atom is 0.227 e. The fourth-order valence-electron chi connectivity index (χ4n) is 5.36. The van der Waals surface area contributed by atoms with E-state index in [2.05, 4.69) is 58.3 Å². The first-order valence-electron chi connectivity index (χ1n) is 12.8. The summed E-state index contributed by atoms with van der Waals surface area (Å²) >= 11 is 1.67. The van der Waals surface area contributed by atoms with Gasteiger partial charge in [-0.3, -0.25) is 24.8 Å². The average molecular weight is 520 g/mol. The molecule has 0 unspecified atom stereocenters. The number of anilines is 1. The van der Waals surface area contributed by atoms with Crippen LogP contribution in [0.4, 0.5) is 5.69 Å². The molecule has 0 radical (unpaired) electrons. The van der Waals surface area contributed by atoms with E-state index < -0.39 is 0 Å². The first kappa shape index (κ1) is 22.8. The normalized spacial score (nSPS) is 14.3. The lowest BCUT2D eigenvalue weighted by molar-refractivity contribution is -0.120. The number of fused-ring (bicyclic) bond motifs is 2. The van der Waals surface area contributed by atoms with Crippen molar-refractivity contribution in [3.8, 4) is 33.8 Å². The molecular weight excluding hydrogens is 494 g/mol. The minimum absolute atomic E-state index is 0.0827. The summed E-state index contributed by atoms with van der Waals surface area (Å²) in [5.74, 6) is 0.168. The van der Waals surface area contributed by atoms with E-state index in [0.29, 0.717) is 5.69 Å². The molecule has 0 atom stereocenters. The molecule has 7 rings (SSSR count). The predicted molar refractivity (Wildman–Crippen MR) is 151 cm³/mol. The van der Waals surface area contributed by atoms with Crippen LogP contribution in [0.1, 0.15) is 32.1 Å². The SMILES string of the molecule is O=C(Nc1cncc(-c2cc3c(-c4cc5c(-c6ccsc6)cncc5[nH]4)n[nH]c3cn2)c1)C1CCCCC1. The summed E-state index contributed by atoms with van der Waals surface area (Å²) in [7, 11) is 0. The number of rotatable bonds is 5. The van der Waals surface area contributed by atoms with Gasteiger partial charge in [0.1, 0.15) is 5.69 Å². The Morgan fingerprint density at radius 2 is 1.82 bits per heavy atom. The Morgan fingerprint density at radius 1 is 0.921 bits per heavy atom. The van der Waals surface area contributed by atoms with Crippen LogP contribution in [0.25, 0.3) is 55.6 Å². The van der Waals surface area contributed by atoms with Crippen LogP contribution in [-0.4, -0.2) is 36.0 Å². The van der Waals surface area contributed by atoms with Crippen molar-refractivity contribution in [2.24, 2.45) is 5.92 Å². The van der Waals surface area contributed by atoms with Gasteiger partial charge in [0.2, 0.25) is 5.91 Å². The third-order valence-corrected chi connectivity index (χ3v) is 8.04. The highest BCUT2D eigenvalue weighted by atomic mass is 32.1. The fourth-order valence-corrected chi connectivity index (χ4v) is 6.02. The summed E-state index contributed by atoms with van der Waals surface area (Å²) in [6.45, 7) is 0. The summed E-state index contributed by atoms with van der Waals surface area (Å²) in [5.41, 5.74) is 8.04. The van der Waals surface area contributed by atoms with Crippen LogP contribution in [0.3, 0.4) is 0 Å². The second-order valence-electron chi connectivity index (χ2n) is 9.82. The molecule has 8 nitrogen and oxygen atoms in total. The number of hydrogen-bond acceptors (Lipinski definition) is 6. The van der Waals surface area contributed by atoms with Gasteiger partial charge in [-0.15, -0.1) is 0 Å². The molecule has 0 spiro atoms. The number of carbonyl (C=O) groups excluding carboxylic acids is 1. The number of thiophene rings is 1. The first-order chi connectivity index (χ1) is 18.7. The standard InChI is InChI=1S/C29H25N7OS/c37-29(17-4-2-1-3-5-17)33-20-8-19(11-30-12-20)24-10-22-27(15-32-24)35-36-28(22)25-9-21-23(18-6-7-38-16-18)13-31-14-26(21)34-25/h6-17,34H,1-5H2,(H,33,37)(H,35,36). The van der Waals surface area contributed by atoms with E-state index in [0.717, 1.165) is 81.3 Å². The maximum atomic E-state index is 12.8. The molecule has 188 valence electrons. The molecule has 6 aromatic heterocycles. The van der Waals surface area contributed by atoms with E-state index in [1.54, 1.807) is 29.9 Å². The lowest BCUT2D eigenvalue weighted by Crippen LogP contribution is -2.24. The number of nitrogens with one attached hydrogen (secondary N) is 3. The number of pyridine rings is 3. The Morgan fingerprint density at radius 3 is 2.68 bits per heavy atom. The van der Waals surface area contributed by atoms with Crippen molar-refractivity contribution in [3.63, 3.8) is 0 Å². The summed E-state index contributed by atoms with van der Waals surface area (Å²) in [5, 5.41) is 17.0. The van der Waals surface area contributed by atoms with Crippen molar-refractivity contribution in [2.75, 3.05) is 5.32 Å². The van der Waals surface area contributed by atoms with E-state index >= 15 is 0 Å². The number of hydrogen-bond donors (Lipinski definition) is 3. The van der Waals surface area contributed by atoms with Crippen molar-refractivity contribution in [1.29, 1.82) is 0 Å². The summed E-state index contributed by atoms with van der Waals surface area (Å²) in [6.07, 6.45) is 14.4. The predicted octanol–water partition coefficient (Wildman–Crippen LogP) is 6.81. The molecule has 3 N–H and O–H groups in total. The van der Waals surface area contributed by atoms with Gasteiger partial charge in [-0.25, -0.2) is 0 Å². The second kappa shape index (κ2) is 9.50. The van der Waals surface area contributed by atoms with Crippen LogP contribution in [0.2, 0.25) is 0 Å². The quantitative estimate of drug-likeness (QED) is 0.232. The zero-order valence-corrected chi connectivity index (χ0v) is 21.4. The number of aromatic amines is 2. The monoisotopic (exact) mass is 519 g/mol. The molecule has 38 heavy (non-hydrogen) atoms. The van der Waals surface area contributed by atoms with Gasteiger partial charge in [0.15, 0.2) is 0 Å². The van der Waals surface area contributed by atoms with Gasteiger partial charge in [-0.05, 0) is 53.4 Å². The average Bonchev–Trinajstić information content (AvgIpc) is 3.73. The van der Waals surface area contributed by atoms with E-state index in [9.17, 15) is 4.79 Å². The van der Waals surface area contributed by atoms with Crippen molar-refractivity contribution < 1.29 is 4.79 Å². The lowest BCUT2D eigenvalue weighted by atomic mass is 9.88. The highest BCUT2D eigenvalue weighted by Gasteiger charge is 2.21. The van der Waals surface area contributed by atoms with Crippen LogP contribution in [0.15, 0.2) is 66.0 Å². The van der Waals surface area contributed by atoms with Crippen molar-refractivity contribution in [1.82, 2.24) is 30.1 Å². The Labute approximate surface area is 222 Å². The summed E-state index contributed by atoms with van der Waals surface area (Å²) in [6, 6.07) is 8.18. The largest absolute Gasteiger partial charge is 0.352 e. The highest BCUT2D eigenvalue weighted by molar-refractivity contribution is 7.08. The van der Waals surface area contributed by atoms with E-state index in [4.69, 9.17) is 0 Å². The molecule has 0 aromatic carbocycles. The minimum atomic E-state index is 0.0827. The molecule has 1 aliphatic carbocycles. The van der Waals surface area contributed by atoms with Gasteiger partial charge in [0.05, 0.1) is 46.7 Å². The molecule has 0 aliphatic heterocycles. The summed E-state index contributed by atoms with van der Waals surface area (Å²) in [4.78, 5) is 29.7. The highest BCUT2D eigenvalue weighted by Crippen LogP contribution is 2.35. The van der Waals surface area contributed by atoms with Crippen molar-refractivity contribution in [3.05, 3.63) is 66.0 Å². The van der Waals surface area contributed by atoms with Crippen LogP contribution < -0.4 is 5.32 Å². The maximum absolute atomic E-state index is 12.8. The van der Waals surface area contributed by atoms with Gasteiger partial charge < -0.3 is 10.3 Å². The zero-order chi connectivity index (χ0) is 25.5. The summed E-state index contributed by atoms with van der Waals surface area (Å²) < 4.78 is 0. The first-order valence-corrected chi connectivity index (χ1v) is 13.8. The molecule has 1 aliphatic rings. The molecule has 1 saturated carbocycles. The van der Waals surface area contributed by atoms with Crippen LogP contribution in [0, 0.1) is 5.92 Å². The minimum Gasteiger partial charge on any atom is -0.352 e. The Kier molecular flexibility index (Phi) is 5.70. The molecule has 6 aromatic rings. The third kappa shape index (κ3) is 4.14. The van der Waals surface area contributed by atoms with E-state index in [-0.39, 0.29) is 11.8 Å². The molecule has 9 heteroatoms. The smallest absolute Gasteiger partial charge is 0.227 e. The van der Waals surface area contributed by atoms with Crippen LogP contribution >= 0.6 is 11.3 Å². The number of carbonyl (C=O) groups is 1. The van der Waals surface area contributed by atoms with Gasteiger partial charge >= 0.3 is 0 Å². The molecule has 1 fully saturated rings. The topological polar surface area (TPSA) is 112 Å². The van der Waals surface area contributed by atoms with Gasteiger partial charge in [-0.2, -0.15) is 16.4 Å². The van der Waals surface area contributed by atoms with Crippen LogP contribution in [-0.2, 0) is 4.79 Å². The van der Waals surface area contributed by atoms with Gasteiger partial charge in [0, 0.05) is 40.2 Å². The van der Waals surface area contributed by atoms with Gasteiger partial charge in [-0.1, -0.05) is 19.3 Å². The number of H-pyrrole nitrogens is 2. The zero-order valence-electron chi connectivity index (χ0n) is 20.6. The lowest BCUT2D eigenvalue weighted by Gasteiger charge is -2.20. The van der Waals surface area contributed by atoms with Crippen molar-refractivity contribution >= 4 is 44.7 Å². The molecular formula is C29H25N7OS. The number of nitrogens with zero attached hydrogens (tertiary/aromatic N) is 4. The van der Waals surface area contributed by atoms with Crippen molar-refractivity contribution in [2.45, 2.75) is 32.1 Å². The van der Waals surface area contributed by atoms with E-state index in [1.165, 1.54) is 6.42 Å². The third-order valence-electron chi connectivity index (χ3n) is 7.36. The molecule has 6 heterocycles. The Bertz CT molecular complexity index is 1760. The van der Waals surface area contributed by atoms with Gasteiger partial charge in [0.25, 0.3) is 0 Å². The van der Waals surface area contributed by atoms with E-state index in [1.807, 2.05) is 24.5 Å². The fraction of sp³-hybridized carbons (Fsp3) is 0.207. The van der Waals surface area contributed by atoms with Crippen LogP contribution in [0.5, 0.6) is 0 Å². The second-order valence-corrected chi connectivity index (χ2v) is 10.6. The molecule has 0 saturated heterocycles. The Balaban J connectivity index is 1.23. The molecule has 0 bridgehead atoms.